The number of hydrogen-bond donors (Lipinski definition) is 2. The smallest absolute Gasteiger partial charge is 0.303 e. The Morgan fingerprint density at radius 2 is 1.90 bits per heavy atom. The van der Waals surface area contributed by atoms with Crippen molar-refractivity contribution < 1.29 is 23.2 Å². The van der Waals surface area contributed by atoms with Gasteiger partial charge in [-0.3, -0.25) is 14.9 Å². The number of carboxylic acid groups (broad SMARTS) is 1. The van der Waals surface area contributed by atoms with Crippen LogP contribution in [-0.2, 0) is 21.2 Å². The highest BCUT2D eigenvalue weighted by molar-refractivity contribution is 7.89. The van der Waals surface area contributed by atoms with Gasteiger partial charge in [0.05, 0.1) is 10.7 Å². The predicted molar refractivity (Wildman–Crippen MR) is 75.5 cm³/mol. The maximum atomic E-state index is 11.6. The van der Waals surface area contributed by atoms with Crippen molar-refractivity contribution in [3.63, 3.8) is 0 Å². The Morgan fingerprint density at radius 1 is 1.29 bits per heavy atom. The summed E-state index contributed by atoms with van der Waals surface area (Å²) in [5.41, 5.74) is 0.752. The first-order valence-electron chi connectivity index (χ1n) is 6.22. The fraction of sp³-hybridized carbons (Fsp3) is 0.417. The molecule has 0 fully saturated rings. The van der Waals surface area contributed by atoms with Gasteiger partial charge in [0.2, 0.25) is 10.0 Å². The molecular formula is C12H16N2O6S. The third-order valence-electron chi connectivity index (χ3n) is 2.69. The summed E-state index contributed by atoms with van der Waals surface area (Å²) in [6.45, 7) is 0.160. The van der Waals surface area contributed by atoms with Crippen molar-refractivity contribution in [1.82, 2.24) is 4.72 Å². The topological polar surface area (TPSA) is 127 Å². The first-order chi connectivity index (χ1) is 9.80. The number of non-ortho nitro benzene ring substituents is 1. The van der Waals surface area contributed by atoms with E-state index in [0.29, 0.717) is 6.42 Å². The van der Waals surface area contributed by atoms with Gasteiger partial charge in [-0.15, -0.1) is 0 Å². The van der Waals surface area contributed by atoms with Crippen LogP contribution in [-0.4, -0.2) is 36.7 Å². The normalized spacial score (nSPS) is 11.2. The minimum atomic E-state index is -3.49. The number of rotatable bonds is 9. The van der Waals surface area contributed by atoms with Gasteiger partial charge in [-0.1, -0.05) is 12.1 Å². The van der Waals surface area contributed by atoms with Gasteiger partial charge in [-0.2, -0.15) is 0 Å². The number of nitrogens with zero attached hydrogens (tertiary/aromatic N) is 1. The fourth-order valence-corrected chi connectivity index (χ4v) is 2.70. The first kappa shape index (κ1) is 17.1. The molecule has 1 rings (SSSR count). The van der Waals surface area contributed by atoms with Crippen LogP contribution in [0.25, 0.3) is 0 Å². The van der Waals surface area contributed by atoms with Gasteiger partial charge in [-0.05, 0) is 18.4 Å². The standard InChI is InChI=1S/C12H16N2O6S/c15-12(16)2-1-9-21(19,20)13-8-7-10-3-5-11(6-4-10)14(17)18/h3-6,13H,1-2,7-9H2,(H,15,16). The van der Waals surface area contributed by atoms with Crippen LogP contribution in [0.3, 0.4) is 0 Å². The molecule has 0 unspecified atom stereocenters. The van der Waals surface area contributed by atoms with E-state index >= 15 is 0 Å². The first-order valence-corrected chi connectivity index (χ1v) is 7.88. The van der Waals surface area contributed by atoms with Gasteiger partial charge < -0.3 is 5.11 Å². The van der Waals surface area contributed by atoms with Crippen molar-refractivity contribution in [2.45, 2.75) is 19.3 Å². The third-order valence-corrected chi connectivity index (χ3v) is 4.16. The lowest BCUT2D eigenvalue weighted by molar-refractivity contribution is -0.384. The van der Waals surface area contributed by atoms with E-state index in [1.807, 2.05) is 0 Å². The maximum Gasteiger partial charge on any atom is 0.303 e. The third kappa shape index (κ3) is 6.82. The molecule has 0 aliphatic heterocycles. The molecule has 0 saturated heterocycles. The Bertz CT molecular complexity index is 597. The number of carboxylic acids is 1. The minimum Gasteiger partial charge on any atom is -0.481 e. The van der Waals surface area contributed by atoms with Crippen molar-refractivity contribution in [2.24, 2.45) is 0 Å². The number of benzene rings is 1. The van der Waals surface area contributed by atoms with Gasteiger partial charge in [0, 0.05) is 25.1 Å². The summed E-state index contributed by atoms with van der Waals surface area (Å²) < 4.78 is 25.5. The summed E-state index contributed by atoms with van der Waals surface area (Å²) in [6, 6.07) is 5.85. The van der Waals surface area contributed by atoms with Crippen molar-refractivity contribution in [3.05, 3.63) is 39.9 Å². The molecule has 0 saturated carbocycles. The highest BCUT2D eigenvalue weighted by Crippen LogP contribution is 2.12. The quantitative estimate of drug-likeness (QED) is 0.515. The SMILES string of the molecule is O=C(O)CCCS(=O)(=O)NCCc1ccc([N+](=O)[O-])cc1. The Balaban J connectivity index is 2.38. The van der Waals surface area contributed by atoms with Crippen molar-refractivity contribution in [3.8, 4) is 0 Å². The molecule has 9 heteroatoms. The van der Waals surface area contributed by atoms with E-state index < -0.39 is 20.9 Å². The van der Waals surface area contributed by atoms with Gasteiger partial charge in [0.1, 0.15) is 0 Å². The molecule has 21 heavy (non-hydrogen) atoms. The van der Waals surface area contributed by atoms with Crippen LogP contribution in [0.5, 0.6) is 0 Å². The number of aliphatic carboxylic acids is 1. The molecule has 0 atom stereocenters. The zero-order valence-electron chi connectivity index (χ0n) is 11.2. The van der Waals surface area contributed by atoms with Crippen LogP contribution >= 0.6 is 0 Å². The van der Waals surface area contributed by atoms with E-state index in [1.54, 1.807) is 12.1 Å². The summed E-state index contributed by atoms with van der Waals surface area (Å²) in [4.78, 5) is 20.3. The minimum absolute atomic E-state index is 0.0204. The second-order valence-electron chi connectivity index (χ2n) is 4.38. The monoisotopic (exact) mass is 316 g/mol. The fourth-order valence-electron chi connectivity index (χ4n) is 1.62. The Morgan fingerprint density at radius 3 is 2.43 bits per heavy atom. The second-order valence-corrected chi connectivity index (χ2v) is 6.31. The Hall–Kier alpha value is -2.00. The predicted octanol–water partition coefficient (Wildman–Crippen LogP) is 0.921. The van der Waals surface area contributed by atoms with E-state index in [0.717, 1.165) is 5.56 Å². The molecule has 0 heterocycles. The van der Waals surface area contributed by atoms with E-state index in [1.165, 1.54) is 12.1 Å². The van der Waals surface area contributed by atoms with Crippen molar-refractivity contribution >= 4 is 21.7 Å². The zero-order chi connectivity index (χ0) is 15.9. The van der Waals surface area contributed by atoms with Crippen LogP contribution in [0.1, 0.15) is 18.4 Å². The number of nitro groups is 1. The van der Waals surface area contributed by atoms with E-state index in [4.69, 9.17) is 5.11 Å². The summed E-state index contributed by atoms with van der Waals surface area (Å²) in [5.74, 6) is -1.27. The zero-order valence-corrected chi connectivity index (χ0v) is 12.0. The molecule has 0 amide bonds. The van der Waals surface area contributed by atoms with Gasteiger partial charge in [0.15, 0.2) is 0 Å². The maximum absolute atomic E-state index is 11.6. The van der Waals surface area contributed by atoms with Crippen molar-refractivity contribution in [2.75, 3.05) is 12.3 Å². The summed E-state index contributed by atoms with van der Waals surface area (Å²) in [6.07, 6.45) is 0.265. The number of sulfonamides is 1. The molecule has 0 radical (unpaired) electrons. The van der Waals surface area contributed by atoms with Crippen LogP contribution in [0, 0.1) is 10.1 Å². The molecule has 8 nitrogen and oxygen atoms in total. The molecule has 1 aromatic carbocycles. The lowest BCUT2D eigenvalue weighted by Crippen LogP contribution is -2.28. The number of nitrogens with one attached hydrogen (secondary N) is 1. The lowest BCUT2D eigenvalue weighted by Gasteiger charge is -2.06. The van der Waals surface area contributed by atoms with Crippen LogP contribution in [0.4, 0.5) is 5.69 Å². The summed E-state index contributed by atoms with van der Waals surface area (Å²) in [5, 5.41) is 18.9. The van der Waals surface area contributed by atoms with E-state index in [-0.39, 0.29) is 30.8 Å². The Labute approximate surface area is 122 Å². The largest absolute Gasteiger partial charge is 0.481 e. The van der Waals surface area contributed by atoms with Crippen molar-refractivity contribution in [1.29, 1.82) is 0 Å². The van der Waals surface area contributed by atoms with Gasteiger partial charge in [-0.25, -0.2) is 13.1 Å². The van der Waals surface area contributed by atoms with Crippen LogP contribution < -0.4 is 4.72 Å². The average molecular weight is 316 g/mol. The highest BCUT2D eigenvalue weighted by atomic mass is 32.2. The number of hydrogen-bond acceptors (Lipinski definition) is 5. The average Bonchev–Trinajstić information content (AvgIpc) is 2.38. The summed E-state index contributed by atoms with van der Waals surface area (Å²) >= 11 is 0. The molecule has 1 aromatic rings. The molecule has 2 N–H and O–H groups in total. The molecule has 0 aliphatic carbocycles. The van der Waals surface area contributed by atoms with Crippen LogP contribution in [0.2, 0.25) is 0 Å². The molecule has 0 bridgehead atoms. The Kier molecular flexibility index (Phi) is 6.25. The molecule has 0 aliphatic rings. The van der Waals surface area contributed by atoms with E-state index in [9.17, 15) is 23.3 Å². The van der Waals surface area contributed by atoms with E-state index in [2.05, 4.69) is 4.72 Å². The highest BCUT2D eigenvalue weighted by Gasteiger charge is 2.11. The molecule has 0 aromatic heterocycles. The molecular weight excluding hydrogens is 300 g/mol. The summed E-state index contributed by atoms with van der Waals surface area (Å²) in [7, 11) is -3.49. The van der Waals surface area contributed by atoms with Crippen LogP contribution in [0.15, 0.2) is 24.3 Å². The number of nitro benzene ring substituents is 1. The second kappa shape index (κ2) is 7.70. The molecule has 0 spiro atoms. The van der Waals surface area contributed by atoms with Gasteiger partial charge in [0.25, 0.3) is 5.69 Å². The van der Waals surface area contributed by atoms with Gasteiger partial charge >= 0.3 is 5.97 Å². The molecule has 116 valence electrons. The number of carbonyl (C=O) groups is 1. The lowest BCUT2D eigenvalue weighted by atomic mass is 10.1.